The zero-order chi connectivity index (χ0) is 9.00. The molecule has 3 nitrogen and oxygen atoms in total. The Labute approximate surface area is 73.9 Å². The van der Waals surface area contributed by atoms with Gasteiger partial charge in [0.1, 0.15) is 5.76 Å². The number of hydrogen-bond acceptors (Lipinski definition) is 3. The van der Waals surface area contributed by atoms with Crippen LogP contribution in [0.1, 0.15) is 11.3 Å². The highest BCUT2D eigenvalue weighted by molar-refractivity contribution is 5.98. The SMILES string of the molecule is Cc1oc2c(oc3ccoc32)c1C. The van der Waals surface area contributed by atoms with Crippen molar-refractivity contribution in [2.24, 2.45) is 0 Å². The van der Waals surface area contributed by atoms with Crippen molar-refractivity contribution in [3.8, 4) is 0 Å². The fourth-order valence-electron chi connectivity index (χ4n) is 1.53. The summed E-state index contributed by atoms with van der Waals surface area (Å²) in [6, 6.07) is 1.79. The van der Waals surface area contributed by atoms with E-state index in [9.17, 15) is 0 Å². The molecule has 0 bridgehead atoms. The maximum Gasteiger partial charge on any atom is 0.216 e. The van der Waals surface area contributed by atoms with E-state index in [2.05, 4.69) is 0 Å². The topological polar surface area (TPSA) is 39.4 Å². The monoisotopic (exact) mass is 176 g/mol. The molecule has 3 heterocycles. The summed E-state index contributed by atoms with van der Waals surface area (Å²) in [6.07, 6.45) is 1.60. The molecule has 0 aliphatic heterocycles. The lowest BCUT2D eigenvalue weighted by Gasteiger charge is -1.83. The van der Waals surface area contributed by atoms with Gasteiger partial charge in [0.2, 0.25) is 11.2 Å². The first kappa shape index (κ1) is 6.83. The van der Waals surface area contributed by atoms with Crippen molar-refractivity contribution >= 4 is 22.3 Å². The van der Waals surface area contributed by atoms with Crippen molar-refractivity contribution in [3.63, 3.8) is 0 Å². The quantitative estimate of drug-likeness (QED) is 0.527. The van der Waals surface area contributed by atoms with Crippen molar-refractivity contribution < 1.29 is 13.3 Å². The van der Waals surface area contributed by atoms with E-state index in [0.29, 0.717) is 5.58 Å². The van der Waals surface area contributed by atoms with Crippen LogP contribution in [0.5, 0.6) is 0 Å². The van der Waals surface area contributed by atoms with Gasteiger partial charge in [-0.3, -0.25) is 0 Å². The van der Waals surface area contributed by atoms with Crippen LogP contribution in [0.4, 0.5) is 0 Å². The minimum atomic E-state index is 0.700. The Balaban J connectivity index is 2.63. The molecule has 0 unspecified atom stereocenters. The van der Waals surface area contributed by atoms with E-state index in [-0.39, 0.29) is 0 Å². The lowest BCUT2D eigenvalue weighted by atomic mass is 10.3. The summed E-state index contributed by atoms with van der Waals surface area (Å²) in [5.41, 5.74) is 4.01. The Bertz CT molecular complexity index is 580. The van der Waals surface area contributed by atoms with Crippen LogP contribution < -0.4 is 0 Å². The number of hydrogen-bond donors (Lipinski definition) is 0. The maximum atomic E-state index is 5.56. The standard InChI is InChI=1S/C10H8O3/c1-5-6(2)12-10-8(5)13-7-3-4-11-9(7)10/h3-4H,1-2H3. The lowest BCUT2D eigenvalue weighted by molar-refractivity contribution is 0.559. The van der Waals surface area contributed by atoms with Crippen molar-refractivity contribution in [3.05, 3.63) is 23.7 Å². The molecule has 3 heteroatoms. The van der Waals surface area contributed by atoms with Gasteiger partial charge >= 0.3 is 0 Å². The first-order valence-electron chi connectivity index (χ1n) is 4.13. The third-order valence-corrected chi connectivity index (χ3v) is 2.38. The summed E-state index contributed by atoms with van der Waals surface area (Å²) in [5.74, 6) is 0.882. The number of aryl methyl sites for hydroxylation is 2. The summed E-state index contributed by atoms with van der Waals surface area (Å²) in [4.78, 5) is 0. The van der Waals surface area contributed by atoms with Crippen molar-refractivity contribution in [1.29, 1.82) is 0 Å². The number of fused-ring (bicyclic) bond motifs is 3. The van der Waals surface area contributed by atoms with E-state index in [1.807, 2.05) is 13.8 Å². The van der Waals surface area contributed by atoms with Crippen LogP contribution in [-0.4, -0.2) is 0 Å². The van der Waals surface area contributed by atoms with Crippen molar-refractivity contribution in [1.82, 2.24) is 0 Å². The van der Waals surface area contributed by atoms with E-state index in [1.165, 1.54) is 0 Å². The van der Waals surface area contributed by atoms with E-state index in [1.54, 1.807) is 12.3 Å². The van der Waals surface area contributed by atoms with Crippen LogP contribution >= 0.6 is 0 Å². The summed E-state index contributed by atoms with van der Waals surface area (Å²) < 4.78 is 16.3. The molecule has 0 aromatic carbocycles. The Morgan fingerprint density at radius 2 is 1.85 bits per heavy atom. The molecule has 0 aliphatic rings. The molecule has 0 radical (unpaired) electrons. The van der Waals surface area contributed by atoms with Crippen LogP contribution in [-0.2, 0) is 0 Å². The Morgan fingerprint density at radius 1 is 1.00 bits per heavy atom. The summed E-state index contributed by atoms with van der Waals surface area (Å²) >= 11 is 0. The highest BCUT2D eigenvalue weighted by atomic mass is 16.4. The molecule has 0 fully saturated rings. The van der Waals surface area contributed by atoms with Gasteiger partial charge in [-0.05, 0) is 13.8 Å². The highest BCUT2D eigenvalue weighted by Gasteiger charge is 2.17. The van der Waals surface area contributed by atoms with Gasteiger partial charge in [0.05, 0.1) is 6.26 Å². The summed E-state index contributed by atoms with van der Waals surface area (Å²) in [5, 5.41) is 0. The molecule has 0 saturated heterocycles. The van der Waals surface area contributed by atoms with E-state index in [0.717, 1.165) is 28.1 Å². The molecule has 0 atom stereocenters. The van der Waals surface area contributed by atoms with Gasteiger partial charge in [-0.25, -0.2) is 0 Å². The maximum absolute atomic E-state index is 5.56. The second-order valence-electron chi connectivity index (χ2n) is 3.16. The zero-order valence-corrected chi connectivity index (χ0v) is 7.38. The number of furan rings is 3. The van der Waals surface area contributed by atoms with E-state index < -0.39 is 0 Å². The van der Waals surface area contributed by atoms with Crippen LogP contribution in [0.2, 0.25) is 0 Å². The van der Waals surface area contributed by atoms with Crippen LogP contribution in [0.15, 0.2) is 25.6 Å². The Morgan fingerprint density at radius 3 is 2.69 bits per heavy atom. The number of rotatable bonds is 0. The molecule has 0 saturated carbocycles. The molecular formula is C10H8O3. The smallest absolute Gasteiger partial charge is 0.216 e. The predicted octanol–water partition coefficient (Wildman–Crippen LogP) is 3.39. The van der Waals surface area contributed by atoms with Gasteiger partial charge in [-0.15, -0.1) is 0 Å². The third-order valence-electron chi connectivity index (χ3n) is 2.38. The molecule has 0 aliphatic carbocycles. The fourth-order valence-corrected chi connectivity index (χ4v) is 1.53. The largest absolute Gasteiger partial charge is 0.457 e. The Hall–Kier alpha value is -1.64. The molecular weight excluding hydrogens is 168 g/mol. The molecule has 13 heavy (non-hydrogen) atoms. The average Bonchev–Trinajstić information content (AvgIpc) is 2.70. The van der Waals surface area contributed by atoms with Crippen LogP contribution in [0, 0.1) is 13.8 Å². The molecule has 0 spiro atoms. The molecule has 66 valence electrons. The van der Waals surface area contributed by atoms with Gasteiger partial charge in [0.15, 0.2) is 11.2 Å². The van der Waals surface area contributed by atoms with Crippen LogP contribution in [0.3, 0.4) is 0 Å². The summed E-state index contributed by atoms with van der Waals surface area (Å²) in [7, 11) is 0. The molecule has 3 rings (SSSR count). The van der Waals surface area contributed by atoms with Gasteiger partial charge in [0, 0.05) is 11.6 Å². The second kappa shape index (κ2) is 1.99. The third kappa shape index (κ3) is 0.691. The van der Waals surface area contributed by atoms with Crippen molar-refractivity contribution in [2.75, 3.05) is 0 Å². The van der Waals surface area contributed by atoms with Crippen molar-refractivity contribution in [2.45, 2.75) is 13.8 Å². The van der Waals surface area contributed by atoms with Gasteiger partial charge in [0.25, 0.3) is 0 Å². The molecule has 0 N–H and O–H groups in total. The minimum Gasteiger partial charge on any atom is -0.457 e. The second-order valence-corrected chi connectivity index (χ2v) is 3.16. The first-order valence-corrected chi connectivity index (χ1v) is 4.13. The van der Waals surface area contributed by atoms with E-state index >= 15 is 0 Å². The normalized spacial score (nSPS) is 11.8. The molecule has 3 aromatic heterocycles. The van der Waals surface area contributed by atoms with Gasteiger partial charge in [-0.1, -0.05) is 0 Å². The summed E-state index contributed by atoms with van der Waals surface area (Å²) in [6.45, 7) is 3.89. The fraction of sp³-hybridized carbons (Fsp3) is 0.200. The zero-order valence-electron chi connectivity index (χ0n) is 7.38. The first-order chi connectivity index (χ1) is 6.27. The van der Waals surface area contributed by atoms with Crippen LogP contribution in [0.25, 0.3) is 22.3 Å². The minimum absolute atomic E-state index is 0.700. The molecule has 0 amide bonds. The lowest BCUT2D eigenvalue weighted by Crippen LogP contribution is -1.67. The van der Waals surface area contributed by atoms with E-state index in [4.69, 9.17) is 13.3 Å². The predicted molar refractivity (Wildman–Crippen MR) is 47.7 cm³/mol. The highest BCUT2D eigenvalue weighted by Crippen LogP contribution is 2.34. The Kier molecular flexibility index (Phi) is 1.05. The van der Waals surface area contributed by atoms with Gasteiger partial charge < -0.3 is 13.3 Å². The average molecular weight is 176 g/mol. The van der Waals surface area contributed by atoms with Gasteiger partial charge in [-0.2, -0.15) is 0 Å². The molecule has 3 aromatic rings.